The van der Waals surface area contributed by atoms with Crippen molar-refractivity contribution in [2.45, 2.75) is 26.3 Å². The number of rotatable bonds is 5. The van der Waals surface area contributed by atoms with Crippen LogP contribution in [0.2, 0.25) is 5.02 Å². The Labute approximate surface area is 136 Å². The normalized spacial score (nSPS) is 11.8. The molecule has 0 fully saturated rings. The van der Waals surface area contributed by atoms with E-state index in [1.807, 2.05) is 13.8 Å². The molecular weight excluding hydrogens is 393 g/mol. The summed E-state index contributed by atoms with van der Waals surface area (Å²) in [7, 11) is 0. The second-order valence-corrected chi connectivity index (χ2v) is 6.13. The van der Waals surface area contributed by atoms with Crippen LogP contribution in [-0.4, -0.2) is 34.4 Å². The van der Waals surface area contributed by atoms with Gasteiger partial charge in [0.25, 0.3) is 5.91 Å². The van der Waals surface area contributed by atoms with E-state index in [9.17, 15) is 4.79 Å². The average molecular weight is 410 g/mol. The third kappa shape index (κ3) is 4.52. The molecule has 3 N–H and O–H groups in total. The van der Waals surface area contributed by atoms with Gasteiger partial charge in [-0.05, 0) is 54.6 Å². The van der Waals surface area contributed by atoms with E-state index in [1.165, 1.54) is 0 Å². The maximum atomic E-state index is 12.5. The predicted octanol–water partition coefficient (Wildman–Crippen LogP) is 2.93. The first-order valence-corrected chi connectivity index (χ1v) is 7.55. The standard InChI is InChI=1S/C13H17ClIN3O2/c1-8(2)18(6-5-12(16)17-20)13(19)9-3-4-11(15)10(14)7-9/h3-4,7-8,20H,5-6H2,1-2H3,(H2,16,17). The fraction of sp³-hybridized carbons (Fsp3) is 0.385. The molecule has 7 heteroatoms. The highest BCUT2D eigenvalue weighted by atomic mass is 127. The van der Waals surface area contributed by atoms with Crippen LogP contribution < -0.4 is 5.73 Å². The summed E-state index contributed by atoms with van der Waals surface area (Å²) in [6.07, 6.45) is 0.318. The molecule has 0 aromatic heterocycles. The van der Waals surface area contributed by atoms with Crippen LogP contribution in [0, 0.1) is 3.57 Å². The van der Waals surface area contributed by atoms with Crippen molar-refractivity contribution < 1.29 is 10.0 Å². The summed E-state index contributed by atoms with van der Waals surface area (Å²) < 4.78 is 0.897. The minimum absolute atomic E-state index is 0.00652. The Morgan fingerprint density at radius 1 is 1.55 bits per heavy atom. The number of benzene rings is 1. The van der Waals surface area contributed by atoms with E-state index in [0.29, 0.717) is 23.6 Å². The SMILES string of the molecule is CC(C)N(CC/C(N)=N/O)C(=O)c1ccc(I)c(Cl)c1. The first kappa shape index (κ1) is 17.0. The van der Waals surface area contributed by atoms with Gasteiger partial charge in [-0.25, -0.2) is 0 Å². The number of amidine groups is 1. The van der Waals surface area contributed by atoms with E-state index < -0.39 is 0 Å². The molecule has 0 atom stereocenters. The number of oxime groups is 1. The summed E-state index contributed by atoms with van der Waals surface area (Å²) in [5, 5.41) is 12.0. The highest BCUT2D eigenvalue weighted by Gasteiger charge is 2.19. The molecular formula is C13H17ClIN3O2. The first-order valence-electron chi connectivity index (χ1n) is 6.09. The maximum absolute atomic E-state index is 12.5. The lowest BCUT2D eigenvalue weighted by Crippen LogP contribution is -2.39. The molecule has 5 nitrogen and oxygen atoms in total. The number of carbonyl (C=O) groups is 1. The van der Waals surface area contributed by atoms with Gasteiger partial charge in [0, 0.05) is 28.1 Å². The van der Waals surface area contributed by atoms with Crippen LogP contribution >= 0.6 is 34.2 Å². The third-order valence-electron chi connectivity index (χ3n) is 2.79. The van der Waals surface area contributed by atoms with Crippen molar-refractivity contribution in [3.05, 3.63) is 32.4 Å². The van der Waals surface area contributed by atoms with Crippen LogP contribution in [0.1, 0.15) is 30.6 Å². The second kappa shape index (κ2) is 7.68. The highest BCUT2D eigenvalue weighted by Crippen LogP contribution is 2.21. The van der Waals surface area contributed by atoms with E-state index in [0.717, 1.165) is 3.57 Å². The minimum Gasteiger partial charge on any atom is -0.409 e. The Hall–Kier alpha value is -1.02. The average Bonchev–Trinajstić information content (AvgIpc) is 2.41. The van der Waals surface area contributed by atoms with E-state index in [2.05, 4.69) is 27.7 Å². The van der Waals surface area contributed by atoms with Gasteiger partial charge >= 0.3 is 0 Å². The molecule has 0 spiro atoms. The Bertz CT molecular complexity index is 520. The van der Waals surface area contributed by atoms with Gasteiger partial charge in [0.1, 0.15) is 5.84 Å². The number of nitrogens with zero attached hydrogens (tertiary/aromatic N) is 2. The Morgan fingerprint density at radius 3 is 2.70 bits per heavy atom. The Kier molecular flexibility index (Phi) is 6.54. The Morgan fingerprint density at radius 2 is 2.20 bits per heavy atom. The van der Waals surface area contributed by atoms with Crippen molar-refractivity contribution in [1.82, 2.24) is 4.90 Å². The molecule has 20 heavy (non-hydrogen) atoms. The summed E-state index contributed by atoms with van der Waals surface area (Å²) in [4.78, 5) is 14.1. The third-order valence-corrected chi connectivity index (χ3v) is 4.36. The van der Waals surface area contributed by atoms with Crippen molar-refractivity contribution in [2.24, 2.45) is 10.9 Å². The molecule has 0 heterocycles. The molecule has 1 aromatic carbocycles. The minimum atomic E-state index is -0.121. The Balaban J connectivity index is 2.90. The monoisotopic (exact) mass is 409 g/mol. The molecule has 0 unspecified atom stereocenters. The molecule has 1 aromatic rings. The molecule has 1 amide bonds. The fourth-order valence-electron chi connectivity index (χ4n) is 1.67. The molecule has 0 aliphatic rings. The van der Waals surface area contributed by atoms with Crippen molar-refractivity contribution >= 4 is 45.9 Å². The molecule has 0 radical (unpaired) electrons. The second-order valence-electron chi connectivity index (χ2n) is 4.56. The van der Waals surface area contributed by atoms with Crippen LogP contribution in [0.25, 0.3) is 0 Å². The van der Waals surface area contributed by atoms with Gasteiger partial charge in [-0.15, -0.1) is 0 Å². The van der Waals surface area contributed by atoms with E-state index >= 15 is 0 Å². The quantitative estimate of drug-likeness (QED) is 0.258. The lowest BCUT2D eigenvalue weighted by molar-refractivity contribution is 0.0711. The summed E-state index contributed by atoms with van der Waals surface area (Å²) in [6.45, 7) is 4.22. The number of hydrogen-bond acceptors (Lipinski definition) is 3. The van der Waals surface area contributed by atoms with Crippen molar-refractivity contribution in [3.63, 3.8) is 0 Å². The van der Waals surface area contributed by atoms with Gasteiger partial charge < -0.3 is 15.8 Å². The zero-order valence-corrected chi connectivity index (χ0v) is 14.2. The van der Waals surface area contributed by atoms with Crippen LogP contribution in [0.5, 0.6) is 0 Å². The zero-order valence-electron chi connectivity index (χ0n) is 11.3. The highest BCUT2D eigenvalue weighted by molar-refractivity contribution is 14.1. The van der Waals surface area contributed by atoms with E-state index in [-0.39, 0.29) is 17.8 Å². The number of nitrogens with two attached hydrogens (primary N) is 1. The summed E-state index contributed by atoms with van der Waals surface area (Å²) >= 11 is 8.15. The van der Waals surface area contributed by atoms with Crippen molar-refractivity contribution in [1.29, 1.82) is 0 Å². The molecule has 0 saturated heterocycles. The molecule has 110 valence electrons. The first-order chi connectivity index (χ1) is 9.36. The lowest BCUT2D eigenvalue weighted by atomic mass is 10.1. The van der Waals surface area contributed by atoms with Gasteiger partial charge in [0.2, 0.25) is 0 Å². The summed E-state index contributed by atoms with van der Waals surface area (Å²) in [5.41, 5.74) is 5.98. The largest absolute Gasteiger partial charge is 0.409 e. The van der Waals surface area contributed by atoms with Crippen LogP contribution in [0.15, 0.2) is 23.4 Å². The predicted molar refractivity (Wildman–Crippen MR) is 88.4 cm³/mol. The zero-order chi connectivity index (χ0) is 15.3. The molecule has 0 aliphatic carbocycles. The summed E-state index contributed by atoms with van der Waals surface area (Å²) in [6, 6.07) is 5.21. The topological polar surface area (TPSA) is 78.9 Å². The smallest absolute Gasteiger partial charge is 0.254 e. The molecule has 0 saturated carbocycles. The van der Waals surface area contributed by atoms with Crippen LogP contribution in [0.4, 0.5) is 0 Å². The van der Waals surface area contributed by atoms with Gasteiger partial charge in [-0.1, -0.05) is 16.8 Å². The molecule has 1 rings (SSSR count). The van der Waals surface area contributed by atoms with Crippen LogP contribution in [-0.2, 0) is 0 Å². The van der Waals surface area contributed by atoms with Gasteiger partial charge in [-0.3, -0.25) is 4.79 Å². The summed E-state index contributed by atoms with van der Waals surface area (Å²) in [5.74, 6) is -0.0202. The van der Waals surface area contributed by atoms with Crippen LogP contribution in [0.3, 0.4) is 0 Å². The number of halogens is 2. The maximum Gasteiger partial charge on any atom is 0.254 e. The fourth-order valence-corrected chi connectivity index (χ4v) is 2.19. The van der Waals surface area contributed by atoms with E-state index in [1.54, 1.807) is 23.1 Å². The van der Waals surface area contributed by atoms with Gasteiger partial charge in [0.15, 0.2) is 0 Å². The lowest BCUT2D eigenvalue weighted by Gasteiger charge is -2.26. The van der Waals surface area contributed by atoms with E-state index in [4.69, 9.17) is 22.5 Å². The number of carbonyl (C=O) groups excluding carboxylic acids is 1. The molecule has 0 bridgehead atoms. The van der Waals surface area contributed by atoms with Gasteiger partial charge in [-0.2, -0.15) is 0 Å². The van der Waals surface area contributed by atoms with Crippen molar-refractivity contribution in [3.8, 4) is 0 Å². The van der Waals surface area contributed by atoms with Crippen molar-refractivity contribution in [2.75, 3.05) is 6.54 Å². The number of hydrogen-bond donors (Lipinski definition) is 2. The molecule has 0 aliphatic heterocycles. The van der Waals surface area contributed by atoms with Gasteiger partial charge in [0.05, 0.1) is 5.02 Å². The number of amides is 1.